The Morgan fingerprint density at radius 1 is 1.35 bits per heavy atom. The van der Waals surface area contributed by atoms with Crippen LogP contribution >= 0.6 is 11.3 Å². The third-order valence-electron chi connectivity index (χ3n) is 3.62. The Labute approximate surface area is 109 Å². The summed E-state index contributed by atoms with van der Waals surface area (Å²) in [5.41, 5.74) is 1.48. The molecule has 0 bridgehead atoms. The van der Waals surface area contributed by atoms with Crippen LogP contribution in [0.2, 0.25) is 0 Å². The molecule has 1 N–H and O–H groups in total. The Balaban J connectivity index is 1.76. The van der Waals surface area contributed by atoms with E-state index in [9.17, 15) is 0 Å². The Bertz CT molecular complexity index is 353. The molecule has 1 unspecified atom stereocenters. The van der Waals surface area contributed by atoms with Crippen molar-refractivity contribution in [3.8, 4) is 0 Å². The molecule has 1 aromatic heterocycles. The van der Waals surface area contributed by atoms with Gasteiger partial charge in [-0.15, -0.1) is 11.3 Å². The summed E-state index contributed by atoms with van der Waals surface area (Å²) in [5.74, 6) is 0. The molecule has 1 aromatic rings. The van der Waals surface area contributed by atoms with E-state index in [0.717, 1.165) is 6.54 Å². The van der Waals surface area contributed by atoms with Gasteiger partial charge in [-0.3, -0.25) is 0 Å². The first kappa shape index (κ1) is 13.1. The topological polar surface area (TPSA) is 15.3 Å². The van der Waals surface area contributed by atoms with Gasteiger partial charge in [0.25, 0.3) is 0 Å². The normalized spacial score (nSPS) is 18.8. The second-order valence-corrected chi connectivity index (χ2v) is 6.55. The van der Waals surface area contributed by atoms with Gasteiger partial charge in [0.2, 0.25) is 0 Å². The van der Waals surface area contributed by atoms with Crippen molar-refractivity contribution in [2.75, 3.05) is 26.2 Å². The molecule has 0 aliphatic carbocycles. The molecule has 2 rings (SSSR count). The molecule has 17 heavy (non-hydrogen) atoms. The molecule has 2 heterocycles. The predicted octanol–water partition coefficient (Wildman–Crippen LogP) is 3.11. The highest BCUT2D eigenvalue weighted by Crippen LogP contribution is 2.25. The number of thiophene rings is 1. The smallest absolute Gasteiger partial charge is 0.0303 e. The van der Waals surface area contributed by atoms with Crippen LogP contribution in [0.5, 0.6) is 0 Å². The first-order valence-corrected chi connectivity index (χ1v) is 7.51. The Hall–Kier alpha value is -0.380. The van der Waals surface area contributed by atoms with Crippen molar-refractivity contribution >= 4 is 11.3 Å². The molecule has 0 saturated carbocycles. The van der Waals surface area contributed by atoms with E-state index in [0.29, 0.717) is 6.04 Å². The van der Waals surface area contributed by atoms with E-state index in [1.807, 2.05) is 11.3 Å². The van der Waals surface area contributed by atoms with E-state index in [1.54, 1.807) is 0 Å². The van der Waals surface area contributed by atoms with Crippen LogP contribution in [0.1, 0.15) is 41.1 Å². The van der Waals surface area contributed by atoms with Crippen molar-refractivity contribution < 1.29 is 0 Å². The molecule has 1 saturated heterocycles. The van der Waals surface area contributed by atoms with Gasteiger partial charge in [0.1, 0.15) is 0 Å². The predicted molar refractivity (Wildman–Crippen MR) is 75.9 cm³/mol. The van der Waals surface area contributed by atoms with Crippen molar-refractivity contribution in [3.05, 3.63) is 21.4 Å². The van der Waals surface area contributed by atoms with E-state index in [4.69, 9.17) is 0 Å². The third kappa shape index (κ3) is 3.54. The van der Waals surface area contributed by atoms with Gasteiger partial charge in [-0.1, -0.05) is 0 Å². The molecule has 0 radical (unpaired) electrons. The number of likely N-dealkylation sites (tertiary alicyclic amines) is 1. The lowest BCUT2D eigenvalue weighted by Crippen LogP contribution is -2.31. The van der Waals surface area contributed by atoms with E-state index in [-0.39, 0.29) is 0 Å². The fraction of sp³-hybridized carbons (Fsp3) is 0.714. The largest absolute Gasteiger partial charge is 0.309 e. The summed E-state index contributed by atoms with van der Waals surface area (Å²) in [6.45, 7) is 11.6. The first-order chi connectivity index (χ1) is 8.16. The molecular formula is C14H24N2S. The van der Waals surface area contributed by atoms with Crippen molar-refractivity contribution in [1.29, 1.82) is 0 Å². The van der Waals surface area contributed by atoms with Crippen LogP contribution in [-0.2, 0) is 0 Å². The summed E-state index contributed by atoms with van der Waals surface area (Å²) in [6, 6.07) is 2.82. The lowest BCUT2D eigenvalue weighted by molar-refractivity contribution is 0.330. The molecule has 2 nitrogen and oxygen atoms in total. The average molecular weight is 252 g/mol. The van der Waals surface area contributed by atoms with Gasteiger partial charge >= 0.3 is 0 Å². The van der Waals surface area contributed by atoms with Gasteiger partial charge in [-0.2, -0.15) is 0 Å². The van der Waals surface area contributed by atoms with Crippen LogP contribution in [0.15, 0.2) is 6.07 Å². The first-order valence-electron chi connectivity index (χ1n) is 6.69. The summed E-state index contributed by atoms with van der Waals surface area (Å²) >= 11 is 1.91. The molecule has 1 aliphatic heterocycles. The molecule has 1 atom stereocenters. The second kappa shape index (κ2) is 5.98. The maximum absolute atomic E-state index is 3.64. The van der Waals surface area contributed by atoms with Crippen molar-refractivity contribution in [1.82, 2.24) is 10.2 Å². The highest BCUT2D eigenvalue weighted by Gasteiger charge is 2.13. The minimum Gasteiger partial charge on any atom is -0.309 e. The van der Waals surface area contributed by atoms with Crippen LogP contribution in [-0.4, -0.2) is 31.1 Å². The van der Waals surface area contributed by atoms with Crippen LogP contribution < -0.4 is 5.32 Å². The Morgan fingerprint density at radius 3 is 2.65 bits per heavy atom. The summed E-state index contributed by atoms with van der Waals surface area (Å²) in [7, 11) is 0. The summed E-state index contributed by atoms with van der Waals surface area (Å²) in [5, 5.41) is 3.64. The number of hydrogen-bond acceptors (Lipinski definition) is 3. The molecule has 96 valence electrons. The maximum Gasteiger partial charge on any atom is 0.0303 e. The number of nitrogens with zero attached hydrogens (tertiary/aromatic N) is 1. The van der Waals surface area contributed by atoms with Crippen LogP contribution in [0, 0.1) is 13.8 Å². The number of aryl methyl sites for hydroxylation is 2. The molecule has 1 aliphatic rings. The average Bonchev–Trinajstić information content (AvgIpc) is 2.88. The summed E-state index contributed by atoms with van der Waals surface area (Å²) in [4.78, 5) is 5.44. The van der Waals surface area contributed by atoms with E-state index < -0.39 is 0 Å². The third-order valence-corrected chi connectivity index (χ3v) is 4.60. The molecular weight excluding hydrogens is 228 g/mol. The lowest BCUT2D eigenvalue weighted by Gasteiger charge is -2.18. The van der Waals surface area contributed by atoms with Gasteiger partial charge < -0.3 is 10.2 Å². The van der Waals surface area contributed by atoms with Gasteiger partial charge in [-0.25, -0.2) is 0 Å². The van der Waals surface area contributed by atoms with Gasteiger partial charge in [-0.05, 0) is 58.3 Å². The van der Waals surface area contributed by atoms with Crippen molar-refractivity contribution in [3.63, 3.8) is 0 Å². The highest BCUT2D eigenvalue weighted by atomic mass is 32.1. The standard InChI is InChI=1S/C14H24N2S/c1-11-10-14(13(3)17-11)12(2)15-6-9-16-7-4-5-8-16/h10,12,15H,4-9H2,1-3H3. The number of nitrogens with one attached hydrogen (secondary N) is 1. The zero-order valence-electron chi connectivity index (χ0n) is 11.3. The summed E-state index contributed by atoms with van der Waals surface area (Å²) < 4.78 is 0. The van der Waals surface area contributed by atoms with Crippen LogP contribution in [0.3, 0.4) is 0 Å². The van der Waals surface area contributed by atoms with Gasteiger partial charge in [0.05, 0.1) is 0 Å². The quantitative estimate of drug-likeness (QED) is 0.866. The molecule has 0 aromatic carbocycles. The molecule has 1 fully saturated rings. The zero-order chi connectivity index (χ0) is 12.3. The number of hydrogen-bond donors (Lipinski definition) is 1. The fourth-order valence-electron chi connectivity index (χ4n) is 2.64. The minimum absolute atomic E-state index is 0.488. The lowest BCUT2D eigenvalue weighted by atomic mass is 10.1. The zero-order valence-corrected chi connectivity index (χ0v) is 12.1. The van der Waals surface area contributed by atoms with Gasteiger partial charge in [0, 0.05) is 28.9 Å². The Morgan fingerprint density at radius 2 is 2.06 bits per heavy atom. The Kier molecular flexibility index (Phi) is 4.60. The minimum atomic E-state index is 0.488. The fourth-order valence-corrected chi connectivity index (χ4v) is 3.66. The summed E-state index contributed by atoms with van der Waals surface area (Å²) in [6.07, 6.45) is 2.77. The maximum atomic E-state index is 3.64. The molecule has 3 heteroatoms. The van der Waals surface area contributed by atoms with Crippen molar-refractivity contribution in [2.24, 2.45) is 0 Å². The van der Waals surface area contributed by atoms with E-state index in [1.165, 1.54) is 47.8 Å². The second-order valence-electron chi connectivity index (χ2n) is 5.09. The van der Waals surface area contributed by atoms with Gasteiger partial charge in [0.15, 0.2) is 0 Å². The van der Waals surface area contributed by atoms with Crippen LogP contribution in [0.25, 0.3) is 0 Å². The van der Waals surface area contributed by atoms with E-state index in [2.05, 4.69) is 37.1 Å². The SMILES string of the molecule is Cc1cc(C(C)NCCN2CCCC2)c(C)s1. The monoisotopic (exact) mass is 252 g/mol. The van der Waals surface area contributed by atoms with Crippen LogP contribution in [0.4, 0.5) is 0 Å². The highest BCUT2D eigenvalue weighted by molar-refractivity contribution is 7.12. The molecule has 0 amide bonds. The number of rotatable bonds is 5. The van der Waals surface area contributed by atoms with E-state index >= 15 is 0 Å². The van der Waals surface area contributed by atoms with Crippen molar-refractivity contribution in [2.45, 2.75) is 39.7 Å². The molecule has 0 spiro atoms.